The Labute approximate surface area is 154 Å². The van der Waals surface area contributed by atoms with Gasteiger partial charge in [-0.1, -0.05) is 31.1 Å². The number of ether oxygens (including phenoxy) is 2. The first-order chi connectivity index (χ1) is 12.3. The number of oxime groups is 1. The molecule has 1 aromatic rings. The van der Waals surface area contributed by atoms with Gasteiger partial charge in [-0.15, -0.1) is 0 Å². The van der Waals surface area contributed by atoms with Gasteiger partial charge in [-0.25, -0.2) is 4.79 Å². The van der Waals surface area contributed by atoms with Gasteiger partial charge >= 0.3 is 5.97 Å². The average Bonchev–Trinajstić information content (AvgIpc) is 2.57. The van der Waals surface area contributed by atoms with E-state index in [2.05, 4.69) is 19.0 Å². The van der Waals surface area contributed by atoms with Crippen molar-refractivity contribution >= 4 is 11.7 Å². The van der Waals surface area contributed by atoms with Crippen molar-refractivity contribution in [3.05, 3.63) is 41.3 Å². The van der Waals surface area contributed by atoms with Crippen molar-refractivity contribution in [2.24, 2.45) is 10.6 Å². The molecule has 0 heterocycles. The summed E-state index contributed by atoms with van der Waals surface area (Å²) in [5.41, 5.74) is 3.09. The molecule has 0 saturated heterocycles. The topological polar surface area (TPSA) is 77.3 Å². The lowest BCUT2D eigenvalue weighted by molar-refractivity contribution is -0.135. The van der Waals surface area contributed by atoms with E-state index in [0.717, 1.165) is 42.4 Å². The predicted molar refractivity (Wildman–Crippen MR) is 99.4 cm³/mol. The van der Waals surface area contributed by atoms with Gasteiger partial charge in [0, 0.05) is 5.92 Å². The second-order valence-electron chi connectivity index (χ2n) is 7.34. The Morgan fingerprint density at radius 2 is 2.08 bits per heavy atom. The lowest BCUT2D eigenvalue weighted by Crippen LogP contribution is -2.29. The number of carboxylic acid groups (broad SMARTS) is 1. The maximum absolute atomic E-state index is 11.3. The normalized spacial score (nSPS) is 21.3. The second kappa shape index (κ2) is 8.25. The first-order valence-corrected chi connectivity index (χ1v) is 8.62. The SMILES string of the molecule is CO/C=C(\Oc1cc(C2CC(C)(C)CC/C2=N\OC)ccc1C)C(=O)O. The molecule has 142 valence electrons. The number of aryl methyl sites for hydroxylation is 1. The molecule has 1 unspecified atom stereocenters. The molecule has 1 aliphatic carbocycles. The number of nitrogens with zero attached hydrogens (tertiary/aromatic N) is 1. The Kier molecular flexibility index (Phi) is 6.29. The first kappa shape index (κ1) is 19.8. The van der Waals surface area contributed by atoms with E-state index in [0.29, 0.717) is 5.75 Å². The Bertz CT molecular complexity index is 721. The van der Waals surface area contributed by atoms with Crippen molar-refractivity contribution in [3.8, 4) is 5.75 Å². The highest BCUT2D eigenvalue weighted by molar-refractivity contribution is 5.91. The fraction of sp³-hybridized carbons (Fsp3) is 0.500. The van der Waals surface area contributed by atoms with Crippen LogP contribution in [0, 0.1) is 12.3 Å². The molecule has 1 aromatic carbocycles. The molecule has 6 heteroatoms. The maximum Gasteiger partial charge on any atom is 0.375 e. The highest BCUT2D eigenvalue weighted by atomic mass is 16.6. The fourth-order valence-electron chi connectivity index (χ4n) is 3.24. The van der Waals surface area contributed by atoms with Crippen LogP contribution in [0.2, 0.25) is 0 Å². The van der Waals surface area contributed by atoms with Crippen molar-refractivity contribution in [3.63, 3.8) is 0 Å². The number of aliphatic carboxylic acids is 1. The van der Waals surface area contributed by atoms with Gasteiger partial charge < -0.3 is 19.4 Å². The molecule has 0 bridgehead atoms. The molecule has 1 saturated carbocycles. The van der Waals surface area contributed by atoms with E-state index in [9.17, 15) is 9.90 Å². The third kappa shape index (κ3) is 4.77. The zero-order chi connectivity index (χ0) is 19.3. The fourth-order valence-corrected chi connectivity index (χ4v) is 3.24. The summed E-state index contributed by atoms with van der Waals surface area (Å²) in [6.07, 6.45) is 3.95. The van der Waals surface area contributed by atoms with Crippen LogP contribution in [0.3, 0.4) is 0 Å². The highest BCUT2D eigenvalue weighted by Crippen LogP contribution is 2.43. The standard InChI is InChI=1S/C20H27NO5/c1-13-6-7-14(10-17(13)26-18(12-24-4)19(22)23)15-11-20(2,3)9-8-16(15)21-25-5/h6-7,10,12,15H,8-9,11H2,1-5H3,(H,22,23)/b18-12-,21-16+. The largest absolute Gasteiger partial charge is 0.500 e. The molecule has 6 nitrogen and oxygen atoms in total. The van der Waals surface area contributed by atoms with Crippen molar-refractivity contribution in [2.75, 3.05) is 14.2 Å². The summed E-state index contributed by atoms with van der Waals surface area (Å²) in [5, 5.41) is 13.5. The van der Waals surface area contributed by atoms with E-state index in [1.165, 1.54) is 7.11 Å². The molecule has 26 heavy (non-hydrogen) atoms. The number of rotatable bonds is 6. The summed E-state index contributed by atoms with van der Waals surface area (Å²) >= 11 is 0. The van der Waals surface area contributed by atoms with E-state index in [4.69, 9.17) is 14.3 Å². The maximum atomic E-state index is 11.3. The van der Waals surface area contributed by atoms with Crippen molar-refractivity contribution in [1.82, 2.24) is 0 Å². The summed E-state index contributed by atoms with van der Waals surface area (Å²) in [5.74, 6) is -0.839. The smallest absolute Gasteiger partial charge is 0.375 e. The summed E-state index contributed by atoms with van der Waals surface area (Å²) in [6.45, 7) is 6.37. The molecule has 2 rings (SSSR count). The third-order valence-electron chi connectivity index (χ3n) is 4.70. The lowest BCUT2D eigenvalue weighted by atomic mass is 9.69. The number of carbonyl (C=O) groups is 1. The van der Waals surface area contributed by atoms with Crippen LogP contribution in [0.15, 0.2) is 35.4 Å². The zero-order valence-electron chi connectivity index (χ0n) is 16.0. The van der Waals surface area contributed by atoms with Gasteiger partial charge in [0.15, 0.2) is 0 Å². The monoisotopic (exact) mass is 361 g/mol. The Morgan fingerprint density at radius 1 is 1.35 bits per heavy atom. The van der Waals surface area contributed by atoms with Crippen molar-refractivity contribution < 1.29 is 24.2 Å². The van der Waals surface area contributed by atoms with Crippen LogP contribution in [0.25, 0.3) is 0 Å². The number of carboxylic acids is 1. The van der Waals surface area contributed by atoms with Crippen molar-refractivity contribution in [1.29, 1.82) is 0 Å². The minimum Gasteiger partial charge on any atom is -0.500 e. The predicted octanol–water partition coefficient (Wildman–Crippen LogP) is 4.24. The quantitative estimate of drug-likeness (QED) is 0.466. The molecular formula is C20H27NO5. The van der Waals surface area contributed by atoms with E-state index in [-0.39, 0.29) is 17.1 Å². The van der Waals surface area contributed by atoms with Crippen LogP contribution < -0.4 is 4.74 Å². The molecule has 0 aromatic heterocycles. The van der Waals surface area contributed by atoms with Gasteiger partial charge in [0.1, 0.15) is 19.1 Å². The lowest BCUT2D eigenvalue weighted by Gasteiger charge is -2.36. The van der Waals surface area contributed by atoms with Gasteiger partial charge in [0.25, 0.3) is 0 Å². The number of methoxy groups -OCH3 is 1. The summed E-state index contributed by atoms with van der Waals surface area (Å²) in [4.78, 5) is 16.3. The van der Waals surface area contributed by atoms with Crippen LogP contribution in [0.4, 0.5) is 0 Å². The van der Waals surface area contributed by atoms with Crippen LogP contribution in [0.1, 0.15) is 50.2 Å². The van der Waals surface area contributed by atoms with E-state index in [1.807, 2.05) is 25.1 Å². The minimum atomic E-state index is -1.18. The number of hydrogen-bond donors (Lipinski definition) is 1. The van der Waals surface area contributed by atoms with Crippen LogP contribution in [-0.4, -0.2) is 31.0 Å². The van der Waals surface area contributed by atoms with E-state index >= 15 is 0 Å². The summed E-state index contributed by atoms with van der Waals surface area (Å²) < 4.78 is 10.4. The molecule has 1 aliphatic rings. The molecular weight excluding hydrogens is 334 g/mol. The van der Waals surface area contributed by atoms with Crippen molar-refractivity contribution in [2.45, 2.75) is 46.0 Å². The van der Waals surface area contributed by atoms with Crippen LogP contribution >= 0.6 is 0 Å². The number of hydrogen-bond acceptors (Lipinski definition) is 5. The Hall–Kier alpha value is -2.50. The summed E-state index contributed by atoms with van der Waals surface area (Å²) in [6, 6.07) is 5.86. The van der Waals surface area contributed by atoms with Gasteiger partial charge in [-0.3, -0.25) is 0 Å². The summed E-state index contributed by atoms with van der Waals surface area (Å²) in [7, 11) is 2.94. The highest BCUT2D eigenvalue weighted by Gasteiger charge is 2.34. The van der Waals surface area contributed by atoms with Gasteiger partial charge in [0.05, 0.1) is 12.8 Å². The Morgan fingerprint density at radius 3 is 2.69 bits per heavy atom. The molecule has 0 amide bonds. The van der Waals surface area contributed by atoms with Crippen LogP contribution in [0.5, 0.6) is 5.75 Å². The zero-order valence-corrected chi connectivity index (χ0v) is 16.0. The second-order valence-corrected chi connectivity index (χ2v) is 7.34. The molecule has 1 fully saturated rings. The molecule has 1 N–H and O–H groups in total. The van der Waals surface area contributed by atoms with E-state index < -0.39 is 5.97 Å². The van der Waals surface area contributed by atoms with Crippen LogP contribution in [-0.2, 0) is 14.4 Å². The Balaban J connectivity index is 2.39. The average molecular weight is 361 g/mol. The van der Waals surface area contributed by atoms with Gasteiger partial charge in [-0.2, -0.15) is 0 Å². The van der Waals surface area contributed by atoms with E-state index in [1.54, 1.807) is 7.11 Å². The minimum absolute atomic E-state index is 0.112. The first-order valence-electron chi connectivity index (χ1n) is 8.62. The molecule has 0 aliphatic heterocycles. The molecule has 1 atom stereocenters. The molecule has 0 spiro atoms. The molecule has 0 radical (unpaired) electrons. The van der Waals surface area contributed by atoms with Gasteiger partial charge in [-0.05, 0) is 48.8 Å². The number of benzene rings is 1. The third-order valence-corrected chi connectivity index (χ3v) is 4.70. The van der Waals surface area contributed by atoms with Gasteiger partial charge in [0.2, 0.25) is 5.76 Å².